The summed E-state index contributed by atoms with van der Waals surface area (Å²) in [5.41, 5.74) is 4.84. The zero-order valence-electron chi connectivity index (χ0n) is 19.4. The smallest absolute Gasteiger partial charge is 0.282 e. The molecule has 0 aliphatic carbocycles. The van der Waals surface area contributed by atoms with Crippen molar-refractivity contribution in [1.29, 1.82) is 0 Å². The van der Waals surface area contributed by atoms with E-state index in [9.17, 15) is 9.59 Å². The monoisotopic (exact) mass is 440 g/mol. The van der Waals surface area contributed by atoms with Crippen molar-refractivity contribution in [3.05, 3.63) is 95.2 Å². The number of nitrogens with zero attached hydrogens (tertiary/aromatic N) is 1. The first-order valence-corrected chi connectivity index (χ1v) is 11.2. The molecule has 1 heterocycles. The van der Waals surface area contributed by atoms with Crippen molar-refractivity contribution in [3.63, 3.8) is 0 Å². The summed E-state index contributed by atoms with van der Waals surface area (Å²) in [6, 6.07) is 22.6. The number of aryl methyl sites for hydroxylation is 1. The Morgan fingerprint density at radius 2 is 1.61 bits per heavy atom. The lowest BCUT2D eigenvalue weighted by molar-refractivity contribution is -0.120. The van der Waals surface area contributed by atoms with Crippen LogP contribution in [0.5, 0.6) is 5.75 Å². The summed E-state index contributed by atoms with van der Waals surface area (Å²) in [4.78, 5) is 28.4. The largest absolute Gasteiger partial charge is 0.494 e. The van der Waals surface area contributed by atoms with Crippen LogP contribution in [-0.2, 0) is 9.59 Å². The van der Waals surface area contributed by atoms with Crippen LogP contribution in [0.15, 0.2) is 78.5 Å². The van der Waals surface area contributed by atoms with Crippen molar-refractivity contribution < 1.29 is 14.3 Å². The maximum absolute atomic E-state index is 13.6. The highest BCUT2D eigenvalue weighted by molar-refractivity contribution is 6.46. The van der Waals surface area contributed by atoms with E-state index in [1.807, 2.05) is 68.4 Å². The molecule has 0 atom stereocenters. The third kappa shape index (κ3) is 4.53. The molecule has 5 heteroatoms. The first-order valence-electron chi connectivity index (χ1n) is 11.2. The van der Waals surface area contributed by atoms with E-state index in [1.165, 1.54) is 10.5 Å². The number of carbonyl (C=O) groups is 2. The van der Waals surface area contributed by atoms with Gasteiger partial charge in [0.15, 0.2) is 0 Å². The second-order valence-corrected chi connectivity index (χ2v) is 8.39. The lowest BCUT2D eigenvalue weighted by Gasteiger charge is -2.16. The summed E-state index contributed by atoms with van der Waals surface area (Å²) < 4.78 is 5.58. The van der Waals surface area contributed by atoms with Gasteiger partial charge in [0.1, 0.15) is 11.4 Å². The van der Waals surface area contributed by atoms with Gasteiger partial charge < -0.3 is 10.1 Å². The second-order valence-electron chi connectivity index (χ2n) is 8.39. The van der Waals surface area contributed by atoms with Gasteiger partial charge in [-0.2, -0.15) is 0 Å². The van der Waals surface area contributed by atoms with Crippen LogP contribution in [0.1, 0.15) is 43.4 Å². The number of anilines is 2. The average Bonchev–Trinajstić information content (AvgIpc) is 3.04. The van der Waals surface area contributed by atoms with Gasteiger partial charge in [-0.15, -0.1) is 0 Å². The van der Waals surface area contributed by atoms with Crippen LogP contribution in [0, 0.1) is 6.92 Å². The van der Waals surface area contributed by atoms with Gasteiger partial charge in [-0.05, 0) is 55.2 Å². The molecule has 2 amide bonds. The maximum Gasteiger partial charge on any atom is 0.282 e. The summed E-state index contributed by atoms with van der Waals surface area (Å²) in [7, 11) is 0. The van der Waals surface area contributed by atoms with Crippen LogP contribution in [0.3, 0.4) is 0 Å². The van der Waals surface area contributed by atoms with Crippen LogP contribution < -0.4 is 15.0 Å². The highest BCUT2D eigenvalue weighted by Crippen LogP contribution is 2.35. The second kappa shape index (κ2) is 9.33. The van der Waals surface area contributed by atoms with E-state index >= 15 is 0 Å². The fraction of sp³-hybridized carbons (Fsp3) is 0.214. The molecule has 3 aromatic rings. The van der Waals surface area contributed by atoms with Crippen LogP contribution in [0.2, 0.25) is 0 Å². The molecule has 33 heavy (non-hydrogen) atoms. The minimum Gasteiger partial charge on any atom is -0.494 e. The van der Waals surface area contributed by atoms with Crippen molar-refractivity contribution in [1.82, 2.24) is 0 Å². The lowest BCUT2D eigenvalue weighted by Crippen LogP contribution is -2.32. The summed E-state index contributed by atoms with van der Waals surface area (Å²) in [6.07, 6.45) is 0. The number of benzene rings is 3. The fourth-order valence-corrected chi connectivity index (χ4v) is 3.84. The predicted octanol–water partition coefficient (Wildman–Crippen LogP) is 5.91. The van der Waals surface area contributed by atoms with E-state index in [0.717, 1.165) is 11.3 Å². The van der Waals surface area contributed by atoms with E-state index in [4.69, 9.17) is 4.74 Å². The van der Waals surface area contributed by atoms with E-state index < -0.39 is 5.91 Å². The number of imide groups is 1. The SMILES string of the molecule is CCOc1cccc(N2C(=O)C(Nc3ccc(C(C)C)cc3)=C(c3ccc(C)cc3)C2=O)c1. The number of hydrogen-bond acceptors (Lipinski definition) is 4. The first kappa shape index (κ1) is 22.3. The van der Waals surface area contributed by atoms with Gasteiger partial charge in [0, 0.05) is 11.8 Å². The Kier molecular flexibility index (Phi) is 6.31. The topological polar surface area (TPSA) is 58.6 Å². The van der Waals surface area contributed by atoms with Crippen molar-refractivity contribution in [2.45, 2.75) is 33.6 Å². The molecule has 0 saturated carbocycles. The van der Waals surface area contributed by atoms with Crippen LogP contribution in [0.4, 0.5) is 11.4 Å². The first-order chi connectivity index (χ1) is 15.9. The molecule has 168 valence electrons. The Hall–Kier alpha value is -3.86. The molecular weight excluding hydrogens is 412 g/mol. The van der Waals surface area contributed by atoms with Crippen LogP contribution in [0.25, 0.3) is 5.57 Å². The van der Waals surface area contributed by atoms with Gasteiger partial charge >= 0.3 is 0 Å². The Morgan fingerprint density at radius 3 is 2.24 bits per heavy atom. The lowest BCUT2D eigenvalue weighted by atomic mass is 10.0. The van der Waals surface area contributed by atoms with Gasteiger partial charge in [-0.1, -0.05) is 61.9 Å². The van der Waals surface area contributed by atoms with Crippen molar-refractivity contribution in [3.8, 4) is 5.75 Å². The van der Waals surface area contributed by atoms with Gasteiger partial charge in [-0.25, -0.2) is 4.90 Å². The molecule has 3 aromatic carbocycles. The summed E-state index contributed by atoms with van der Waals surface area (Å²) in [6.45, 7) is 8.64. The molecule has 0 saturated heterocycles. The van der Waals surface area contributed by atoms with Gasteiger partial charge in [-0.3, -0.25) is 9.59 Å². The third-order valence-electron chi connectivity index (χ3n) is 5.66. The quantitative estimate of drug-likeness (QED) is 0.464. The number of nitrogens with one attached hydrogen (secondary N) is 1. The normalized spacial score (nSPS) is 13.8. The number of hydrogen-bond donors (Lipinski definition) is 1. The molecule has 0 bridgehead atoms. The molecule has 1 aliphatic rings. The molecule has 0 radical (unpaired) electrons. The van der Waals surface area contributed by atoms with Gasteiger partial charge in [0.2, 0.25) is 0 Å². The zero-order chi connectivity index (χ0) is 23.5. The molecule has 0 spiro atoms. The zero-order valence-corrected chi connectivity index (χ0v) is 19.4. The molecular formula is C28H28N2O3. The highest BCUT2D eigenvalue weighted by atomic mass is 16.5. The van der Waals surface area contributed by atoms with Gasteiger partial charge in [0.05, 0.1) is 17.9 Å². The maximum atomic E-state index is 13.6. The van der Waals surface area contributed by atoms with Crippen molar-refractivity contribution in [2.24, 2.45) is 0 Å². The van der Waals surface area contributed by atoms with E-state index in [2.05, 4.69) is 19.2 Å². The minimum absolute atomic E-state index is 0.267. The van der Waals surface area contributed by atoms with E-state index in [0.29, 0.717) is 35.1 Å². The van der Waals surface area contributed by atoms with Crippen LogP contribution in [-0.4, -0.2) is 18.4 Å². The molecule has 4 rings (SSSR count). The third-order valence-corrected chi connectivity index (χ3v) is 5.66. The molecule has 1 N–H and O–H groups in total. The van der Waals surface area contributed by atoms with Gasteiger partial charge in [0.25, 0.3) is 11.8 Å². The fourth-order valence-electron chi connectivity index (χ4n) is 3.84. The predicted molar refractivity (Wildman–Crippen MR) is 132 cm³/mol. The van der Waals surface area contributed by atoms with Crippen LogP contribution >= 0.6 is 0 Å². The molecule has 0 unspecified atom stereocenters. The molecule has 0 aromatic heterocycles. The summed E-state index contributed by atoms with van der Waals surface area (Å²) >= 11 is 0. The summed E-state index contributed by atoms with van der Waals surface area (Å²) in [5.74, 6) is 0.262. The standard InChI is InChI=1S/C28H28N2O3/c1-5-33-24-8-6-7-23(17-24)30-27(31)25(21-11-9-19(4)10-12-21)26(28(30)32)29-22-15-13-20(14-16-22)18(2)3/h6-18,29H,5H2,1-4H3. The van der Waals surface area contributed by atoms with Crippen molar-refractivity contribution >= 4 is 28.8 Å². The Bertz CT molecular complexity index is 1210. The highest BCUT2D eigenvalue weighted by Gasteiger charge is 2.40. The molecule has 0 fully saturated rings. The van der Waals surface area contributed by atoms with Crippen molar-refractivity contribution in [2.75, 3.05) is 16.8 Å². The number of amides is 2. The minimum atomic E-state index is -0.392. The Morgan fingerprint density at radius 1 is 0.909 bits per heavy atom. The number of rotatable bonds is 7. The Labute approximate surface area is 194 Å². The van der Waals surface area contributed by atoms with E-state index in [1.54, 1.807) is 18.2 Å². The van der Waals surface area contributed by atoms with E-state index in [-0.39, 0.29) is 11.6 Å². The number of ether oxygens (including phenoxy) is 1. The molecule has 5 nitrogen and oxygen atoms in total. The average molecular weight is 441 g/mol. The molecule has 1 aliphatic heterocycles. The number of carbonyl (C=O) groups excluding carboxylic acids is 2. The summed E-state index contributed by atoms with van der Waals surface area (Å²) in [5, 5.41) is 3.23. The Balaban J connectivity index is 1.76.